The number of ketones is 1. The van der Waals surface area contributed by atoms with E-state index >= 15 is 0 Å². The third-order valence-electron chi connectivity index (χ3n) is 27.0. The number of para-hydroxylation sites is 2. The number of cyclic esters (lactones) is 3. The van der Waals surface area contributed by atoms with Gasteiger partial charge in [0.15, 0.2) is 45.6 Å². The zero-order valence-electron chi connectivity index (χ0n) is 73.6. The SMILES string of the molecule is CC[C@@]1(O)C(=O)Cc2c1cc1n(c2=O)Cc2cc3cc4c(cc3nc2-1)OCO4.CC[C@@]1(O)C(=O)OCc2c1cc1n(c2=O)Cc2c-1nc1cc3c(cc1c2N1CCN(C)CC1)OCCO3.CC[C@@]1(O)C(=O)OCc2c1cc1n(c2=O)Cc2c-1nc1ccccc1c2/C=N/OC(C)(C)C.CC[C@@]1(O)C(=O)OCc2c1cc1n(c2=O)Cc2c-1nc1ccccc1c2CCNC(C)C. The second-order valence-electron chi connectivity index (χ2n) is 36.0. The molecule has 32 heteroatoms. The molecule has 18 heterocycles. The fourth-order valence-electron chi connectivity index (χ4n) is 19.9. The van der Waals surface area contributed by atoms with Crippen LogP contribution in [0.4, 0.5) is 5.69 Å². The molecule has 32 nitrogen and oxygen atoms in total. The number of benzene rings is 4. The van der Waals surface area contributed by atoms with Gasteiger partial charge in [-0.2, -0.15) is 0 Å². The molecular formula is C98H96N12O20. The van der Waals surface area contributed by atoms with Crippen molar-refractivity contribution in [2.45, 2.75) is 181 Å². The molecule has 130 heavy (non-hydrogen) atoms. The summed E-state index contributed by atoms with van der Waals surface area (Å²) in [6.45, 7) is 23.4. The van der Waals surface area contributed by atoms with E-state index in [4.69, 9.17) is 57.9 Å². The van der Waals surface area contributed by atoms with Crippen molar-refractivity contribution in [2.75, 3.05) is 64.7 Å². The van der Waals surface area contributed by atoms with Crippen molar-refractivity contribution in [3.8, 4) is 68.5 Å². The van der Waals surface area contributed by atoms with Gasteiger partial charge in [0.1, 0.15) is 44.2 Å². The molecule has 10 aliphatic heterocycles. The van der Waals surface area contributed by atoms with Crippen LogP contribution in [-0.2, 0) is 119 Å². The van der Waals surface area contributed by atoms with Gasteiger partial charge in [-0.25, -0.2) is 34.3 Å². The number of nitrogens with one attached hydrogen (secondary N) is 1. The molecule has 0 bridgehead atoms. The number of Topliss-reactive ketones (excluding diaryl/α,β-unsaturated/α-hetero) is 1. The van der Waals surface area contributed by atoms with Crippen molar-refractivity contribution >= 4 is 79.2 Å². The van der Waals surface area contributed by atoms with Gasteiger partial charge in [0.05, 0.1) is 122 Å². The predicted octanol–water partition coefficient (Wildman–Crippen LogP) is 9.33. The molecule has 0 radical (unpaired) electrons. The Kier molecular flexibility index (Phi) is 20.5. The van der Waals surface area contributed by atoms with Crippen molar-refractivity contribution in [2.24, 2.45) is 5.16 Å². The minimum atomic E-state index is -1.85. The number of oxime groups is 1. The van der Waals surface area contributed by atoms with E-state index in [1.807, 2.05) is 93.6 Å². The second-order valence-corrected chi connectivity index (χ2v) is 36.0. The number of hydrogen-bond acceptors (Lipinski definition) is 28. The number of carbonyl (C=O) groups excluding carboxylic acids is 4. The topological polar surface area (TPSA) is 393 Å². The third-order valence-corrected chi connectivity index (χ3v) is 27.0. The van der Waals surface area contributed by atoms with Crippen molar-refractivity contribution in [3.63, 3.8) is 0 Å². The van der Waals surface area contributed by atoms with Crippen molar-refractivity contribution in [1.82, 2.24) is 48.4 Å². The van der Waals surface area contributed by atoms with Crippen LogP contribution in [0.15, 0.2) is 127 Å². The highest BCUT2D eigenvalue weighted by Crippen LogP contribution is 2.50. The lowest BCUT2D eigenvalue weighted by Crippen LogP contribution is -2.45. The summed E-state index contributed by atoms with van der Waals surface area (Å²) in [4.78, 5) is 133. The zero-order chi connectivity index (χ0) is 90.8. The Morgan fingerprint density at radius 3 is 1.48 bits per heavy atom. The van der Waals surface area contributed by atoms with E-state index in [2.05, 4.69) is 47.2 Å². The monoisotopic (exact) mass is 1760 g/mol. The maximum absolute atomic E-state index is 13.7. The average Bonchev–Trinajstić information content (AvgIpc) is 1.55. The van der Waals surface area contributed by atoms with Gasteiger partial charge in [-0.05, 0) is 127 Å². The van der Waals surface area contributed by atoms with Gasteiger partial charge in [-0.3, -0.25) is 24.0 Å². The lowest BCUT2D eigenvalue weighted by Gasteiger charge is -2.36. The van der Waals surface area contributed by atoms with E-state index < -0.39 is 45.9 Å². The summed E-state index contributed by atoms with van der Waals surface area (Å²) in [7, 11) is 2.12. The van der Waals surface area contributed by atoms with Crippen molar-refractivity contribution in [1.29, 1.82) is 0 Å². The van der Waals surface area contributed by atoms with E-state index in [9.17, 15) is 58.8 Å². The van der Waals surface area contributed by atoms with E-state index in [-0.39, 0.29) is 86.7 Å². The first kappa shape index (κ1) is 84.8. The summed E-state index contributed by atoms with van der Waals surface area (Å²) in [5.41, 5.74) is 9.32. The maximum atomic E-state index is 13.7. The van der Waals surface area contributed by atoms with Gasteiger partial charge in [0.25, 0.3) is 22.2 Å². The molecule has 668 valence electrons. The van der Waals surface area contributed by atoms with E-state index in [0.29, 0.717) is 153 Å². The number of nitrogens with zero attached hydrogens (tertiary/aromatic N) is 11. The molecule has 8 aromatic heterocycles. The highest BCUT2D eigenvalue weighted by atomic mass is 16.7. The summed E-state index contributed by atoms with van der Waals surface area (Å²) in [5, 5.41) is 55.7. The zero-order valence-corrected chi connectivity index (χ0v) is 73.6. The summed E-state index contributed by atoms with van der Waals surface area (Å²) >= 11 is 0. The highest BCUT2D eigenvalue weighted by Gasteiger charge is 2.51. The smallest absolute Gasteiger partial charge is 0.343 e. The van der Waals surface area contributed by atoms with Crippen LogP contribution in [0.3, 0.4) is 0 Å². The van der Waals surface area contributed by atoms with Gasteiger partial charge < -0.3 is 91.8 Å². The number of aliphatic hydroxyl groups is 4. The first-order chi connectivity index (χ1) is 62.4. The molecule has 0 spiro atoms. The molecule has 0 unspecified atom stereocenters. The summed E-state index contributed by atoms with van der Waals surface area (Å²) in [6.07, 6.45) is 3.03. The van der Waals surface area contributed by atoms with Crippen LogP contribution in [0.5, 0.6) is 23.0 Å². The number of pyridine rings is 8. The molecule has 12 aromatic rings. The molecule has 1 saturated heterocycles. The minimum Gasteiger partial charge on any atom is -0.486 e. The fraction of sp³-hybridized carbons (Fsp3) is 0.378. The average molecular weight is 1760 g/mol. The third kappa shape index (κ3) is 13.5. The van der Waals surface area contributed by atoms with Crippen LogP contribution in [0.1, 0.15) is 166 Å². The summed E-state index contributed by atoms with van der Waals surface area (Å²) in [5.74, 6) is 0.203. The van der Waals surface area contributed by atoms with Crippen molar-refractivity contribution < 1.29 is 77.6 Å². The summed E-state index contributed by atoms with van der Waals surface area (Å²) < 4.78 is 44.8. The lowest BCUT2D eigenvalue weighted by molar-refractivity contribution is -0.172. The Bertz CT molecular complexity index is 7240. The predicted molar refractivity (Wildman–Crippen MR) is 479 cm³/mol. The van der Waals surface area contributed by atoms with Crippen molar-refractivity contribution in [3.05, 3.63) is 222 Å². The van der Waals surface area contributed by atoms with Crippen LogP contribution in [-0.4, -0.2) is 165 Å². The first-order valence-corrected chi connectivity index (χ1v) is 44.1. The lowest BCUT2D eigenvalue weighted by atomic mass is 9.86. The summed E-state index contributed by atoms with van der Waals surface area (Å²) in [6, 6.07) is 32.7. The molecule has 0 amide bonds. The number of piperazine rings is 1. The quantitative estimate of drug-likeness (QED) is 0.0348. The Morgan fingerprint density at radius 1 is 0.477 bits per heavy atom. The van der Waals surface area contributed by atoms with Crippen LogP contribution in [0.2, 0.25) is 0 Å². The van der Waals surface area contributed by atoms with Gasteiger partial charge >= 0.3 is 17.9 Å². The van der Waals surface area contributed by atoms with E-state index in [0.717, 1.165) is 122 Å². The molecule has 23 rings (SSSR count). The highest BCUT2D eigenvalue weighted by molar-refractivity contribution is 6.04. The molecular weight excluding hydrogens is 1670 g/mol. The first-order valence-electron chi connectivity index (χ1n) is 44.1. The molecule has 11 aliphatic rings. The van der Waals surface area contributed by atoms with E-state index in [1.54, 1.807) is 76.4 Å². The Morgan fingerprint density at radius 2 is 0.923 bits per heavy atom. The van der Waals surface area contributed by atoms with Crippen LogP contribution in [0, 0.1) is 0 Å². The van der Waals surface area contributed by atoms with E-state index in [1.165, 1.54) is 5.56 Å². The largest absolute Gasteiger partial charge is 0.486 e. The second kappa shape index (κ2) is 31.5. The number of anilines is 1. The number of fused-ring (bicyclic) bond motifs is 22. The number of rotatable bonds is 11. The number of aromatic nitrogens is 8. The minimum absolute atomic E-state index is 0.0219. The molecule has 1 fully saturated rings. The number of hydrogen-bond donors (Lipinski definition) is 5. The van der Waals surface area contributed by atoms with Gasteiger partial charge in [0.2, 0.25) is 6.79 Å². The van der Waals surface area contributed by atoms with Crippen LogP contribution < -0.4 is 51.4 Å². The van der Waals surface area contributed by atoms with Gasteiger partial charge in [-0.1, -0.05) is 83.1 Å². The molecule has 4 aromatic carbocycles. The van der Waals surface area contributed by atoms with Crippen LogP contribution >= 0.6 is 0 Å². The van der Waals surface area contributed by atoms with Crippen LogP contribution in [0.25, 0.3) is 89.2 Å². The van der Waals surface area contributed by atoms with Gasteiger partial charge in [-0.15, -0.1) is 0 Å². The number of ether oxygens (including phenoxy) is 7. The molecule has 0 saturated carbocycles. The maximum Gasteiger partial charge on any atom is 0.343 e. The number of esters is 3. The molecule has 5 N–H and O–H groups in total. The fourth-order valence-corrected chi connectivity index (χ4v) is 19.9. The van der Waals surface area contributed by atoms with Gasteiger partial charge in [0, 0.05) is 128 Å². The molecule has 4 atom stereocenters. The number of carbonyl (C=O) groups is 4. The Balaban J connectivity index is 0.000000109. The normalized spacial score (nSPS) is 20.6. The standard InChI is InChI=1S/C27H28N4O6.C25H25N3O5.C25H27N3O4.C21H16N2O5/c1-3-27(34)18-11-20-23-16(13-31(20)25(32)17(18)14-37-26(27)33)24(30-6-4-29(2)5-7-30)15-10-21-22(12-19(15)28-23)36-9-8-35-21;1-5-25(31)18-10-20-21-16(12-28(20)22(29)17(18)13-32-23(25)30)15(11-26-33-24(2,3)4)14-8-6-7-9-19(14)27-21;1-4-25(31)19-11-21-22-17(12-28(21)23(29)18(19)13-32-24(25)30)15(9-10-26-14(2)3)16-7-5-6-8-20(16)27-22;1-2-21(26)13-6-15-19-11(8-23(15)20(25)12(13)5-18(21)24)3-10-4-16-17(28-9-27-16)7-14(10)22-19/h10-12,34H,3-9,13-14H2,1-2H3;6-11,31H,5,12-13H2,1-4H3;5-8,11,14,26,31H,4,9-10,12-13H2,1-3H3;3-4,6-7,26H,2,5,8-9H2,1H3/b;26-11+;;/t27-;2*25-;21-/m0000/s1. The molecule has 1 aliphatic carbocycles. The number of likely N-dealkylation sites (N-methyl/N-ethyl adjacent to an activating group) is 1. The Labute approximate surface area is 743 Å². The Hall–Kier alpha value is -13.4.